The lowest BCUT2D eigenvalue weighted by molar-refractivity contribution is 0.152. The van der Waals surface area contributed by atoms with E-state index in [0.29, 0.717) is 30.0 Å². The predicted molar refractivity (Wildman–Crippen MR) is 162 cm³/mol. The van der Waals surface area contributed by atoms with Crippen molar-refractivity contribution in [1.82, 2.24) is 4.57 Å². The van der Waals surface area contributed by atoms with Gasteiger partial charge in [-0.1, -0.05) is 38.3 Å². The first-order chi connectivity index (χ1) is 19.8. The van der Waals surface area contributed by atoms with Crippen molar-refractivity contribution in [2.24, 2.45) is 7.05 Å². The molecule has 2 heterocycles. The van der Waals surface area contributed by atoms with E-state index in [-0.39, 0.29) is 11.1 Å². The number of hydrogen-bond acceptors (Lipinski definition) is 4. The molecular formula is C34H38F2N2O3. The number of unbranched alkanes of at least 4 members (excludes halogenated alkanes) is 3. The van der Waals surface area contributed by atoms with Gasteiger partial charge in [-0.3, -0.25) is 4.79 Å². The molecule has 7 heteroatoms. The first-order valence-electron chi connectivity index (χ1n) is 14.5. The lowest BCUT2D eigenvalue weighted by Gasteiger charge is -2.34. The van der Waals surface area contributed by atoms with Crippen LogP contribution in [0.3, 0.4) is 0 Å². The number of rotatable bonds is 10. The van der Waals surface area contributed by atoms with Gasteiger partial charge >= 0.3 is 0 Å². The Morgan fingerprint density at radius 2 is 1.73 bits per heavy atom. The van der Waals surface area contributed by atoms with Gasteiger partial charge in [0.2, 0.25) is 0 Å². The molecule has 0 atom stereocenters. The van der Waals surface area contributed by atoms with Gasteiger partial charge in [0.15, 0.2) is 0 Å². The number of methoxy groups -OCH3 is 1. The van der Waals surface area contributed by atoms with Crippen LogP contribution in [0.25, 0.3) is 22.0 Å². The Kier molecular flexibility index (Phi) is 8.62. The summed E-state index contributed by atoms with van der Waals surface area (Å²) >= 11 is 0. The van der Waals surface area contributed by atoms with Crippen LogP contribution in [-0.4, -0.2) is 24.8 Å². The number of benzene rings is 3. The van der Waals surface area contributed by atoms with E-state index in [4.69, 9.17) is 9.47 Å². The number of alkyl halides is 2. The molecule has 1 aromatic heterocycles. The van der Waals surface area contributed by atoms with Crippen molar-refractivity contribution in [2.45, 2.75) is 58.8 Å². The van der Waals surface area contributed by atoms with Crippen LogP contribution in [0.4, 0.5) is 20.2 Å². The Morgan fingerprint density at radius 1 is 0.951 bits per heavy atom. The summed E-state index contributed by atoms with van der Waals surface area (Å²) in [5.74, 6) is 1.36. The number of anilines is 2. The zero-order valence-corrected chi connectivity index (χ0v) is 24.3. The summed E-state index contributed by atoms with van der Waals surface area (Å²) in [6.07, 6.45) is 3.54. The van der Waals surface area contributed by atoms with Crippen molar-refractivity contribution in [3.05, 3.63) is 81.6 Å². The fourth-order valence-corrected chi connectivity index (χ4v) is 5.80. The van der Waals surface area contributed by atoms with Crippen LogP contribution in [0.15, 0.2) is 59.4 Å². The molecule has 5 nitrogen and oxygen atoms in total. The van der Waals surface area contributed by atoms with Crippen molar-refractivity contribution in [3.63, 3.8) is 0 Å². The van der Waals surface area contributed by atoms with Gasteiger partial charge in [0.25, 0.3) is 12.0 Å². The minimum atomic E-state index is -2.64. The van der Waals surface area contributed by atoms with Gasteiger partial charge in [-0.15, -0.1) is 0 Å². The van der Waals surface area contributed by atoms with Crippen molar-refractivity contribution in [3.8, 4) is 22.6 Å². The highest BCUT2D eigenvalue weighted by molar-refractivity contribution is 5.97. The van der Waals surface area contributed by atoms with Gasteiger partial charge in [-0.25, -0.2) is 8.78 Å². The van der Waals surface area contributed by atoms with Crippen molar-refractivity contribution >= 4 is 22.3 Å². The topological polar surface area (TPSA) is 43.7 Å². The maximum absolute atomic E-state index is 14.6. The van der Waals surface area contributed by atoms with Crippen LogP contribution < -0.4 is 19.9 Å². The zero-order chi connectivity index (χ0) is 29.1. The van der Waals surface area contributed by atoms with E-state index >= 15 is 0 Å². The minimum Gasteiger partial charge on any atom is -0.497 e. The van der Waals surface area contributed by atoms with Crippen LogP contribution in [-0.2, 0) is 13.5 Å². The second-order valence-corrected chi connectivity index (χ2v) is 10.8. The number of fused-ring (bicyclic) bond motifs is 2. The average molecular weight is 561 g/mol. The van der Waals surface area contributed by atoms with Crippen molar-refractivity contribution < 1.29 is 18.3 Å². The van der Waals surface area contributed by atoms with Gasteiger partial charge in [-0.05, 0) is 73.2 Å². The van der Waals surface area contributed by atoms with Crippen molar-refractivity contribution in [1.29, 1.82) is 0 Å². The highest BCUT2D eigenvalue weighted by atomic mass is 19.3. The molecule has 216 valence electrons. The van der Waals surface area contributed by atoms with Crippen LogP contribution >= 0.6 is 0 Å². The Balaban J connectivity index is 1.54. The summed E-state index contributed by atoms with van der Waals surface area (Å²) in [6, 6.07) is 16.7. The molecule has 0 saturated carbocycles. The zero-order valence-electron chi connectivity index (χ0n) is 24.3. The summed E-state index contributed by atoms with van der Waals surface area (Å²) < 4.78 is 42.2. The Morgan fingerprint density at radius 3 is 2.44 bits per heavy atom. The second-order valence-electron chi connectivity index (χ2n) is 10.8. The Labute approximate surface area is 240 Å². The number of halogens is 2. The molecule has 0 spiro atoms. The quantitative estimate of drug-likeness (QED) is 0.182. The van der Waals surface area contributed by atoms with Gasteiger partial charge in [-0.2, -0.15) is 0 Å². The largest absolute Gasteiger partial charge is 0.497 e. The monoisotopic (exact) mass is 560 g/mol. The third-order valence-corrected chi connectivity index (χ3v) is 8.04. The molecule has 1 aliphatic heterocycles. The second kappa shape index (κ2) is 12.3. The molecule has 0 amide bonds. The van der Waals surface area contributed by atoms with Crippen LogP contribution in [0.1, 0.15) is 62.1 Å². The fraction of sp³-hybridized carbons (Fsp3) is 0.382. The number of aryl methyl sites for hydroxylation is 3. The Hall–Kier alpha value is -3.87. The molecule has 0 bridgehead atoms. The Bertz CT molecular complexity index is 1600. The number of pyridine rings is 1. The minimum absolute atomic E-state index is 0.000309. The highest BCUT2D eigenvalue weighted by Crippen LogP contribution is 2.44. The summed E-state index contributed by atoms with van der Waals surface area (Å²) in [4.78, 5) is 14.8. The van der Waals surface area contributed by atoms with Gasteiger partial charge in [0.05, 0.1) is 24.9 Å². The molecular weight excluding hydrogens is 522 g/mol. The number of hydrogen-bond donors (Lipinski definition) is 0. The maximum atomic E-state index is 14.6. The number of ether oxygens (including phenoxy) is 2. The fourth-order valence-electron chi connectivity index (χ4n) is 5.80. The van der Waals surface area contributed by atoms with Crippen LogP contribution in [0, 0.1) is 6.92 Å². The van der Waals surface area contributed by atoms with E-state index in [2.05, 4.69) is 11.8 Å². The van der Waals surface area contributed by atoms with Gasteiger partial charge in [0.1, 0.15) is 11.5 Å². The van der Waals surface area contributed by atoms with E-state index in [1.54, 1.807) is 31.7 Å². The van der Waals surface area contributed by atoms with Crippen LogP contribution in [0.2, 0.25) is 0 Å². The number of aromatic nitrogens is 1. The lowest BCUT2D eigenvalue weighted by atomic mass is 9.91. The molecule has 0 radical (unpaired) electrons. The number of nitrogens with zero attached hydrogens (tertiary/aromatic N) is 2. The van der Waals surface area contributed by atoms with E-state index in [0.717, 1.165) is 64.8 Å². The third kappa shape index (κ3) is 5.81. The van der Waals surface area contributed by atoms with E-state index in [9.17, 15) is 13.6 Å². The van der Waals surface area contributed by atoms with Crippen LogP contribution in [0.5, 0.6) is 11.5 Å². The van der Waals surface area contributed by atoms with E-state index < -0.39 is 6.43 Å². The SMILES string of the molecule is CCCCCCOc1ccc(-c2cc3c(cc2C(F)F)N(c2cc(OC)cc4c2cc(C)c(=O)n4C)CCC3)cc1. The van der Waals surface area contributed by atoms with Crippen molar-refractivity contribution in [2.75, 3.05) is 25.2 Å². The first-order valence-corrected chi connectivity index (χ1v) is 14.5. The standard InChI is InChI=1S/C34H38F2N2O3/c1-5-6-7-8-16-41-25-13-11-23(12-14-25)27-18-24-10-9-15-38(30(24)21-28(27)33(35)36)32-20-26(40-4)19-31-29(32)17-22(2)34(39)37(31)3/h11-14,17-21,33H,5-10,15-16H2,1-4H3. The van der Waals surface area contributed by atoms with E-state index in [1.807, 2.05) is 48.5 Å². The molecule has 0 fully saturated rings. The molecule has 0 aliphatic carbocycles. The van der Waals surface area contributed by atoms with Gasteiger partial charge in [0, 0.05) is 47.9 Å². The molecule has 3 aromatic carbocycles. The molecule has 0 N–H and O–H groups in total. The maximum Gasteiger partial charge on any atom is 0.264 e. The van der Waals surface area contributed by atoms with E-state index in [1.165, 1.54) is 12.8 Å². The lowest BCUT2D eigenvalue weighted by Crippen LogP contribution is -2.26. The highest BCUT2D eigenvalue weighted by Gasteiger charge is 2.26. The molecule has 0 unspecified atom stereocenters. The molecule has 5 rings (SSSR count). The predicted octanol–water partition coefficient (Wildman–Crippen LogP) is 8.50. The third-order valence-electron chi connectivity index (χ3n) is 8.04. The van der Waals surface area contributed by atoms with Gasteiger partial charge < -0.3 is 18.9 Å². The molecule has 41 heavy (non-hydrogen) atoms. The molecule has 4 aromatic rings. The molecule has 0 saturated heterocycles. The average Bonchev–Trinajstić information content (AvgIpc) is 2.99. The normalized spacial score (nSPS) is 13.1. The summed E-state index contributed by atoms with van der Waals surface area (Å²) in [5, 5.41) is 0.881. The molecule has 1 aliphatic rings. The first kappa shape index (κ1) is 28.7. The smallest absolute Gasteiger partial charge is 0.264 e. The summed E-state index contributed by atoms with van der Waals surface area (Å²) in [7, 11) is 3.33. The summed E-state index contributed by atoms with van der Waals surface area (Å²) in [5.41, 5.74) is 5.20. The summed E-state index contributed by atoms with van der Waals surface area (Å²) in [6.45, 7) is 5.30.